The fraction of sp³-hybridized carbons (Fsp3) is 0.136. The van der Waals surface area contributed by atoms with E-state index in [4.69, 9.17) is 0 Å². The SMILES string of the molecule is Cc1ccc([C@@H]2C(=O)c3ccccc3[C@@]2(O)c2ccccc2)cc1. The summed E-state index contributed by atoms with van der Waals surface area (Å²) in [6.07, 6.45) is 0. The third kappa shape index (κ3) is 2.04. The molecule has 0 fully saturated rings. The van der Waals surface area contributed by atoms with E-state index in [1.165, 1.54) is 0 Å². The minimum Gasteiger partial charge on any atom is -0.379 e. The highest BCUT2D eigenvalue weighted by atomic mass is 16.3. The van der Waals surface area contributed by atoms with Gasteiger partial charge in [-0.15, -0.1) is 0 Å². The molecule has 0 spiro atoms. The molecule has 0 radical (unpaired) electrons. The number of aliphatic hydroxyl groups is 1. The van der Waals surface area contributed by atoms with Gasteiger partial charge in [0.25, 0.3) is 0 Å². The first-order chi connectivity index (χ1) is 11.6. The summed E-state index contributed by atoms with van der Waals surface area (Å²) in [4.78, 5) is 13.1. The number of ketones is 1. The summed E-state index contributed by atoms with van der Waals surface area (Å²) in [5.74, 6) is -0.654. The van der Waals surface area contributed by atoms with Gasteiger partial charge in [-0.05, 0) is 23.6 Å². The van der Waals surface area contributed by atoms with Crippen LogP contribution in [0.5, 0.6) is 0 Å². The molecule has 3 aromatic carbocycles. The summed E-state index contributed by atoms with van der Waals surface area (Å²) >= 11 is 0. The topological polar surface area (TPSA) is 37.3 Å². The average Bonchev–Trinajstić information content (AvgIpc) is 2.86. The monoisotopic (exact) mass is 314 g/mol. The van der Waals surface area contributed by atoms with Gasteiger partial charge in [-0.2, -0.15) is 0 Å². The number of carbonyl (C=O) groups is 1. The third-order valence-electron chi connectivity index (χ3n) is 4.91. The number of hydrogen-bond acceptors (Lipinski definition) is 2. The maximum Gasteiger partial charge on any atom is 0.174 e. The lowest BCUT2D eigenvalue weighted by Gasteiger charge is -2.31. The van der Waals surface area contributed by atoms with Crippen LogP contribution in [-0.2, 0) is 5.60 Å². The number of aryl methyl sites for hydroxylation is 1. The standard InChI is InChI=1S/C22H18O2/c1-15-11-13-16(14-12-15)20-21(23)18-9-5-6-10-19(18)22(20,24)17-7-3-2-4-8-17/h2-14,20,24H,1H3/t20-,22+/m1/s1. The molecule has 2 nitrogen and oxygen atoms in total. The van der Waals surface area contributed by atoms with Crippen molar-refractivity contribution < 1.29 is 9.90 Å². The summed E-state index contributed by atoms with van der Waals surface area (Å²) < 4.78 is 0. The van der Waals surface area contributed by atoms with E-state index in [2.05, 4.69) is 0 Å². The first-order valence-electron chi connectivity index (χ1n) is 8.10. The van der Waals surface area contributed by atoms with Crippen LogP contribution < -0.4 is 0 Å². The molecule has 4 rings (SSSR count). The van der Waals surface area contributed by atoms with Crippen LogP contribution in [0.15, 0.2) is 78.9 Å². The van der Waals surface area contributed by atoms with Gasteiger partial charge in [0, 0.05) is 5.56 Å². The molecule has 0 saturated heterocycles. The number of rotatable bonds is 2. The van der Waals surface area contributed by atoms with Crippen molar-refractivity contribution in [2.24, 2.45) is 0 Å². The molecule has 0 bridgehead atoms. The molecule has 2 atom stereocenters. The van der Waals surface area contributed by atoms with Crippen LogP contribution in [0.3, 0.4) is 0 Å². The molecule has 0 unspecified atom stereocenters. The minimum atomic E-state index is -1.34. The van der Waals surface area contributed by atoms with Crippen molar-refractivity contribution in [2.75, 3.05) is 0 Å². The molecule has 118 valence electrons. The number of Topliss-reactive ketones (excluding diaryl/α,β-unsaturated/α-hetero) is 1. The molecule has 1 N–H and O–H groups in total. The van der Waals surface area contributed by atoms with Crippen LogP contribution >= 0.6 is 0 Å². The predicted molar refractivity (Wildman–Crippen MR) is 94.1 cm³/mol. The van der Waals surface area contributed by atoms with Gasteiger partial charge >= 0.3 is 0 Å². The summed E-state index contributed by atoms with van der Waals surface area (Å²) in [6.45, 7) is 2.01. The predicted octanol–water partition coefficient (Wildman–Crippen LogP) is 4.21. The Hall–Kier alpha value is -2.71. The Labute approximate surface area is 141 Å². The van der Waals surface area contributed by atoms with Crippen LogP contribution in [0, 0.1) is 6.92 Å². The molecule has 0 heterocycles. The summed E-state index contributed by atoms with van der Waals surface area (Å²) in [5.41, 5.74) is 2.66. The molecule has 0 saturated carbocycles. The molecular weight excluding hydrogens is 296 g/mol. The summed E-state index contributed by atoms with van der Waals surface area (Å²) in [7, 11) is 0. The van der Waals surface area contributed by atoms with Crippen LogP contribution in [0.2, 0.25) is 0 Å². The molecule has 3 aromatic rings. The Morgan fingerprint density at radius 3 is 2.17 bits per heavy atom. The van der Waals surface area contributed by atoms with Gasteiger partial charge < -0.3 is 5.11 Å². The normalized spacial score (nSPS) is 22.4. The Bertz CT molecular complexity index is 897. The smallest absolute Gasteiger partial charge is 0.174 e. The highest BCUT2D eigenvalue weighted by Gasteiger charge is 2.52. The minimum absolute atomic E-state index is 0.0270. The molecule has 2 heteroatoms. The maximum atomic E-state index is 13.1. The van der Waals surface area contributed by atoms with Crippen molar-refractivity contribution in [1.82, 2.24) is 0 Å². The van der Waals surface area contributed by atoms with Gasteiger partial charge in [-0.1, -0.05) is 84.4 Å². The molecule has 0 amide bonds. The molecular formula is C22H18O2. The Morgan fingerprint density at radius 2 is 1.46 bits per heavy atom. The van der Waals surface area contributed by atoms with Crippen molar-refractivity contribution in [3.8, 4) is 0 Å². The molecule has 24 heavy (non-hydrogen) atoms. The highest BCUT2D eigenvalue weighted by Crippen LogP contribution is 2.50. The van der Waals surface area contributed by atoms with E-state index in [-0.39, 0.29) is 5.78 Å². The van der Waals surface area contributed by atoms with Crippen molar-refractivity contribution >= 4 is 5.78 Å². The van der Waals surface area contributed by atoms with Gasteiger partial charge in [-0.3, -0.25) is 4.79 Å². The van der Waals surface area contributed by atoms with Gasteiger partial charge in [0.05, 0.1) is 5.92 Å². The second-order valence-electron chi connectivity index (χ2n) is 6.39. The van der Waals surface area contributed by atoms with Crippen LogP contribution in [-0.4, -0.2) is 10.9 Å². The second kappa shape index (κ2) is 5.43. The molecule has 1 aliphatic rings. The van der Waals surface area contributed by atoms with E-state index in [1.807, 2.05) is 79.7 Å². The largest absolute Gasteiger partial charge is 0.379 e. The first-order valence-corrected chi connectivity index (χ1v) is 8.10. The van der Waals surface area contributed by atoms with Crippen LogP contribution in [0.4, 0.5) is 0 Å². The quantitative estimate of drug-likeness (QED) is 0.769. The van der Waals surface area contributed by atoms with Crippen molar-refractivity contribution in [3.63, 3.8) is 0 Å². The van der Waals surface area contributed by atoms with Gasteiger partial charge in [0.15, 0.2) is 5.78 Å². The lowest BCUT2D eigenvalue weighted by atomic mass is 9.77. The van der Waals surface area contributed by atoms with E-state index in [1.54, 1.807) is 6.07 Å². The Kier molecular flexibility index (Phi) is 3.36. The van der Waals surface area contributed by atoms with Crippen molar-refractivity contribution in [1.29, 1.82) is 0 Å². The second-order valence-corrected chi connectivity index (χ2v) is 6.39. The zero-order chi connectivity index (χ0) is 16.7. The third-order valence-corrected chi connectivity index (χ3v) is 4.91. The van der Waals surface area contributed by atoms with Crippen LogP contribution in [0.1, 0.15) is 38.5 Å². The lowest BCUT2D eigenvalue weighted by Crippen LogP contribution is -2.33. The van der Waals surface area contributed by atoms with E-state index in [0.29, 0.717) is 11.1 Å². The molecule has 0 aliphatic heterocycles. The number of carbonyl (C=O) groups excluding carboxylic acids is 1. The number of fused-ring (bicyclic) bond motifs is 1. The number of hydrogen-bond donors (Lipinski definition) is 1. The Morgan fingerprint density at radius 1 is 0.833 bits per heavy atom. The number of benzene rings is 3. The fourth-order valence-electron chi connectivity index (χ4n) is 3.70. The van der Waals surface area contributed by atoms with E-state index < -0.39 is 11.5 Å². The lowest BCUT2D eigenvalue weighted by molar-refractivity contribution is 0.0533. The first kappa shape index (κ1) is 14.9. The van der Waals surface area contributed by atoms with E-state index >= 15 is 0 Å². The Balaban J connectivity index is 1.98. The van der Waals surface area contributed by atoms with Crippen molar-refractivity contribution in [3.05, 3.63) is 107 Å². The van der Waals surface area contributed by atoms with Crippen LogP contribution in [0.25, 0.3) is 0 Å². The average molecular weight is 314 g/mol. The van der Waals surface area contributed by atoms with Gasteiger partial charge in [0.2, 0.25) is 0 Å². The molecule has 1 aliphatic carbocycles. The zero-order valence-electron chi connectivity index (χ0n) is 13.4. The van der Waals surface area contributed by atoms with E-state index in [0.717, 1.165) is 16.7 Å². The summed E-state index contributed by atoms with van der Waals surface area (Å²) in [6, 6.07) is 24.7. The maximum absolute atomic E-state index is 13.1. The van der Waals surface area contributed by atoms with E-state index in [9.17, 15) is 9.90 Å². The van der Waals surface area contributed by atoms with Crippen molar-refractivity contribution in [2.45, 2.75) is 18.4 Å². The molecule has 0 aromatic heterocycles. The zero-order valence-corrected chi connectivity index (χ0v) is 13.4. The highest BCUT2D eigenvalue weighted by molar-refractivity contribution is 6.07. The summed E-state index contributed by atoms with van der Waals surface area (Å²) in [5, 5.41) is 11.7. The fourth-order valence-corrected chi connectivity index (χ4v) is 3.70. The van der Waals surface area contributed by atoms with Gasteiger partial charge in [0.1, 0.15) is 5.60 Å². The van der Waals surface area contributed by atoms with Gasteiger partial charge in [-0.25, -0.2) is 0 Å².